The first-order valence-corrected chi connectivity index (χ1v) is 5.18. The highest BCUT2D eigenvalue weighted by Gasteiger charge is 2.07. The second-order valence-corrected chi connectivity index (χ2v) is 3.60. The van der Waals surface area contributed by atoms with Crippen molar-refractivity contribution in [3.63, 3.8) is 0 Å². The minimum Gasteiger partial charge on any atom is -0.424 e. The van der Waals surface area contributed by atoms with Gasteiger partial charge in [0.2, 0.25) is 11.8 Å². The summed E-state index contributed by atoms with van der Waals surface area (Å²) in [5, 5.41) is 11.0. The third-order valence-electron chi connectivity index (χ3n) is 2.31. The van der Waals surface area contributed by atoms with Gasteiger partial charge in [-0.05, 0) is 18.6 Å². The highest BCUT2D eigenvalue weighted by molar-refractivity contribution is 5.12. The van der Waals surface area contributed by atoms with Crippen LogP contribution in [0.25, 0.3) is 0 Å². The third-order valence-corrected chi connectivity index (χ3v) is 2.31. The molecule has 0 saturated carbocycles. The minimum atomic E-state index is 0.209. The van der Waals surface area contributed by atoms with E-state index in [9.17, 15) is 0 Å². The van der Waals surface area contributed by atoms with Gasteiger partial charge in [0.05, 0.1) is 6.54 Å². The van der Waals surface area contributed by atoms with E-state index in [2.05, 4.69) is 27.4 Å². The molecule has 16 heavy (non-hydrogen) atoms. The topological polar surface area (TPSA) is 63.8 Å². The van der Waals surface area contributed by atoms with E-state index in [4.69, 9.17) is 4.42 Å². The SMILES string of the molecule is Cc1nnc(CN[C@@H](C)c2cccnc2)o1. The van der Waals surface area contributed by atoms with Gasteiger partial charge < -0.3 is 9.73 Å². The van der Waals surface area contributed by atoms with Crippen LogP contribution in [0.3, 0.4) is 0 Å². The summed E-state index contributed by atoms with van der Waals surface area (Å²) >= 11 is 0. The summed E-state index contributed by atoms with van der Waals surface area (Å²) in [5.74, 6) is 1.19. The number of aryl methyl sites for hydroxylation is 1. The van der Waals surface area contributed by atoms with E-state index < -0.39 is 0 Å². The summed E-state index contributed by atoms with van der Waals surface area (Å²) in [5.41, 5.74) is 1.14. The molecule has 0 unspecified atom stereocenters. The van der Waals surface area contributed by atoms with Crippen LogP contribution in [0.5, 0.6) is 0 Å². The Balaban J connectivity index is 1.91. The maximum absolute atomic E-state index is 5.27. The first-order valence-electron chi connectivity index (χ1n) is 5.18. The summed E-state index contributed by atoms with van der Waals surface area (Å²) < 4.78 is 5.27. The maximum atomic E-state index is 5.27. The number of hydrogen-bond acceptors (Lipinski definition) is 5. The summed E-state index contributed by atoms with van der Waals surface area (Å²) in [6.45, 7) is 4.41. The van der Waals surface area contributed by atoms with Crippen LogP contribution in [0, 0.1) is 6.92 Å². The molecule has 2 aromatic rings. The number of rotatable bonds is 4. The van der Waals surface area contributed by atoms with Crippen LogP contribution in [0.4, 0.5) is 0 Å². The summed E-state index contributed by atoms with van der Waals surface area (Å²) in [7, 11) is 0. The maximum Gasteiger partial charge on any atom is 0.230 e. The Labute approximate surface area is 93.9 Å². The van der Waals surface area contributed by atoms with Crippen LogP contribution in [0.15, 0.2) is 28.9 Å². The highest BCUT2D eigenvalue weighted by atomic mass is 16.4. The number of pyridine rings is 1. The van der Waals surface area contributed by atoms with Crippen LogP contribution in [0.1, 0.15) is 30.3 Å². The number of nitrogens with zero attached hydrogens (tertiary/aromatic N) is 3. The molecule has 0 spiro atoms. The Kier molecular flexibility index (Phi) is 3.26. The third kappa shape index (κ3) is 2.64. The van der Waals surface area contributed by atoms with Gasteiger partial charge in [-0.3, -0.25) is 4.98 Å². The predicted molar refractivity (Wildman–Crippen MR) is 58.5 cm³/mol. The molecule has 2 heterocycles. The zero-order valence-corrected chi connectivity index (χ0v) is 9.34. The van der Waals surface area contributed by atoms with E-state index in [0.29, 0.717) is 18.3 Å². The van der Waals surface area contributed by atoms with Gasteiger partial charge in [-0.2, -0.15) is 0 Å². The molecule has 0 radical (unpaired) electrons. The lowest BCUT2D eigenvalue weighted by molar-refractivity contribution is 0.430. The normalized spacial score (nSPS) is 12.6. The van der Waals surface area contributed by atoms with Gasteiger partial charge in [0.25, 0.3) is 0 Å². The van der Waals surface area contributed by atoms with Gasteiger partial charge in [0, 0.05) is 25.4 Å². The Morgan fingerprint density at radius 3 is 2.94 bits per heavy atom. The fourth-order valence-corrected chi connectivity index (χ4v) is 1.40. The first kappa shape index (κ1) is 10.8. The predicted octanol–water partition coefficient (Wildman–Crippen LogP) is 1.62. The standard InChI is InChI=1S/C11H14N4O/c1-8(10-4-3-5-12-6-10)13-7-11-15-14-9(2)16-11/h3-6,8,13H,7H2,1-2H3/t8-/m0/s1. The van der Waals surface area contributed by atoms with Crippen molar-refractivity contribution in [2.75, 3.05) is 0 Å². The Morgan fingerprint density at radius 2 is 2.31 bits per heavy atom. The van der Waals surface area contributed by atoms with Gasteiger partial charge in [-0.1, -0.05) is 6.07 Å². The zero-order valence-electron chi connectivity index (χ0n) is 9.34. The molecular weight excluding hydrogens is 204 g/mol. The van der Waals surface area contributed by atoms with Gasteiger partial charge in [0.15, 0.2) is 0 Å². The second kappa shape index (κ2) is 4.85. The Morgan fingerprint density at radius 1 is 1.44 bits per heavy atom. The van der Waals surface area contributed by atoms with E-state index >= 15 is 0 Å². The smallest absolute Gasteiger partial charge is 0.230 e. The summed E-state index contributed by atoms with van der Waals surface area (Å²) in [4.78, 5) is 4.07. The Hall–Kier alpha value is -1.75. The van der Waals surface area contributed by atoms with Crippen LogP contribution in [-0.4, -0.2) is 15.2 Å². The largest absolute Gasteiger partial charge is 0.424 e. The summed E-state index contributed by atoms with van der Waals surface area (Å²) in [6.07, 6.45) is 3.61. The molecule has 1 N–H and O–H groups in total. The molecule has 0 aliphatic carbocycles. The fourth-order valence-electron chi connectivity index (χ4n) is 1.40. The van der Waals surface area contributed by atoms with Gasteiger partial charge in [-0.15, -0.1) is 10.2 Å². The number of nitrogens with one attached hydrogen (secondary N) is 1. The molecular formula is C11H14N4O. The van der Waals surface area contributed by atoms with Crippen molar-refractivity contribution in [2.45, 2.75) is 26.4 Å². The molecule has 0 aliphatic rings. The number of hydrogen-bond donors (Lipinski definition) is 1. The van der Waals surface area contributed by atoms with Gasteiger partial charge in [0.1, 0.15) is 0 Å². The van der Waals surface area contributed by atoms with E-state index in [-0.39, 0.29) is 6.04 Å². The summed E-state index contributed by atoms with van der Waals surface area (Å²) in [6, 6.07) is 4.16. The number of aromatic nitrogens is 3. The molecule has 2 aromatic heterocycles. The van der Waals surface area contributed by atoms with Crippen LogP contribution >= 0.6 is 0 Å². The molecule has 0 fully saturated rings. The van der Waals surface area contributed by atoms with E-state index in [1.807, 2.05) is 18.3 Å². The van der Waals surface area contributed by atoms with E-state index in [1.165, 1.54) is 0 Å². The molecule has 2 rings (SSSR count). The van der Waals surface area contributed by atoms with Crippen LogP contribution in [0.2, 0.25) is 0 Å². The van der Waals surface area contributed by atoms with Crippen molar-refractivity contribution < 1.29 is 4.42 Å². The lowest BCUT2D eigenvalue weighted by Crippen LogP contribution is -2.18. The van der Waals surface area contributed by atoms with Crippen molar-refractivity contribution in [1.82, 2.24) is 20.5 Å². The average molecular weight is 218 g/mol. The van der Waals surface area contributed by atoms with Gasteiger partial charge in [-0.25, -0.2) is 0 Å². The van der Waals surface area contributed by atoms with Crippen LogP contribution < -0.4 is 5.32 Å². The Bertz CT molecular complexity index is 440. The molecule has 5 heteroatoms. The average Bonchev–Trinajstić information content (AvgIpc) is 2.73. The van der Waals surface area contributed by atoms with E-state index in [1.54, 1.807) is 13.1 Å². The lowest BCUT2D eigenvalue weighted by Gasteiger charge is -2.11. The molecule has 0 bridgehead atoms. The monoisotopic (exact) mass is 218 g/mol. The van der Waals surface area contributed by atoms with Crippen molar-refractivity contribution >= 4 is 0 Å². The van der Waals surface area contributed by atoms with Gasteiger partial charge >= 0.3 is 0 Å². The second-order valence-electron chi connectivity index (χ2n) is 3.60. The molecule has 0 aromatic carbocycles. The molecule has 0 amide bonds. The minimum absolute atomic E-state index is 0.209. The molecule has 0 saturated heterocycles. The van der Waals surface area contributed by atoms with Crippen molar-refractivity contribution in [3.8, 4) is 0 Å². The molecule has 5 nitrogen and oxygen atoms in total. The lowest BCUT2D eigenvalue weighted by atomic mass is 10.1. The van der Waals surface area contributed by atoms with Crippen molar-refractivity contribution in [1.29, 1.82) is 0 Å². The molecule has 0 aliphatic heterocycles. The quantitative estimate of drug-likeness (QED) is 0.844. The highest BCUT2D eigenvalue weighted by Crippen LogP contribution is 2.10. The fraction of sp³-hybridized carbons (Fsp3) is 0.364. The first-order chi connectivity index (χ1) is 7.75. The molecule has 1 atom stereocenters. The zero-order chi connectivity index (χ0) is 11.4. The van der Waals surface area contributed by atoms with Crippen LogP contribution in [-0.2, 0) is 6.54 Å². The molecule has 84 valence electrons. The van der Waals surface area contributed by atoms with Crippen molar-refractivity contribution in [2.24, 2.45) is 0 Å². The van der Waals surface area contributed by atoms with Crippen molar-refractivity contribution in [3.05, 3.63) is 41.9 Å². The van der Waals surface area contributed by atoms with E-state index in [0.717, 1.165) is 5.56 Å².